The van der Waals surface area contributed by atoms with E-state index < -0.39 is 9.84 Å². The highest BCUT2D eigenvalue weighted by molar-refractivity contribution is 9.11. The van der Waals surface area contributed by atoms with Crippen molar-refractivity contribution < 1.29 is 8.42 Å². The van der Waals surface area contributed by atoms with Gasteiger partial charge in [0.25, 0.3) is 0 Å². The molecule has 3 nitrogen and oxygen atoms in total. The van der Waals surface area contributed by atoms with E-state index in [0.29, 0.717) is 6.42 Å². The SMILES string of the molecule is CCCNC(CCCS(C)(=O)=O)c1cc(Br)ccc1Br. The van der Waals surface area contributed by atoms with Crippen molar-refractivity contribution in [2.24, 2.45) is 0 Å². The third kappa shape index (κ3) is 6.70. The van der Waals surface area contributed by atoms with Crippen molar-refractivity contribution in [2.45, 2.75) is 32.2 Å². The molecule has 0 aliphatic rings. The van der Waals surface area contributed by atoms with Crippen molar-refractivity contribution in [3.63, 3.8) is 0 Å². The summed E-state index contributed by atoms with van der Waals surface area (Å²) in [4.78, 5) is 0. The Morgan fingerprint density at radius 2 is 2.00 bits per heavy atom. The van der Waals surface area contributed by atoms with Crippen LogP contribution in [0.2, 0.25) is 0 Å². The normalized spacial score (nSPS) is 13.4. The van der Waals surface area contributed by atoms with Gasteiger partial charge < -0.3 is 5.32 Å². The van der Waals surface area contributed by atoms with Crippen LogP contribution in [-0.4, -0.2) is 27.0 Å². The van der Waals surface area contributed by atoms with Gasteiger partial charge in [-0.1, -0.05) is 38.8 Å². The van der Waals surface area contributed by atoms with Gasteiger partial charge in [0.15, 0.2) is 0 Å². The van der Waals surface area contributed by atoms with E-state index in [2.05, 4.69) is 50.2 Å². The van der Waals surface area contributed by atoms with Crippen LogP contribution in [0.5, 0.6) is 0 Å². The Balaban J connectivity index is 2.80. The second kappa shape index (κ2) is 8.51. The molecule has 1 atom stereocenters. The van der Waals surface area contributed by atoms with Crippen LogP contribution in [-0.2, 0) is 9.84 Å². The summed E-state index contributed by atoms with van der Waals surface area (Å²) in [6.07, 6.45) is 3.81. The second-order valence-electron chi connectivity index (χ2n) is 4.94. The summed E-state index contributed by atoms with van der Waals surface area (Å²) in [6.45, 7) is 3.04. The second-order valence-corrected chi connectivity index (χ2v) is 8.97. The van der Waals surface area contributed by atoms with Crippen LogP contribution in [0.25, 0.3) is 0 Å². The summed E-state index contributed by atoms with van der Waals surface area (Å²) in [7, 11) is -2.89. The summed E-state index contributed by atoms with van der Waals surface area (Å²) in [5.41, 5.74) is 1.17. The number of hydrogen-bond donors (Lipinski definition) is 1. The Morgan fingerprint density at radius 3 is 2.60 bits per heavy atom. The lowest BCUT2D eigenvalue weighted by molar-refractivity contribution is 0.491. The molecule has 0 radical (unpaired) electrons. The van der Waals surface area contributed by atoms with Crippen molar-refractivity contribution in [3.8, 4) is 0 Å². The maximum Gasteiger partial charge on any atom is 0.147 e. The Kier molecular flexibility index (Phi) is 7.72. The van der Waals surface area contributed by atoms with Gasteiger partial charge >= 0.3 is 0 Å². The molecule has 20 heavy (non-hydrogen) atoms. The molecule has 0 amide bonds. The molecular formula is C14H21Br2NO2S. The molecular weight excluding hydrogens is 406 g/mol. The Bertz CT molecular complexity index is 532. The number of sulfone groups is 1. The quantitative estimate of drug-likeness (QED) is 0.681. The topological polar surface area (TPSA) is 46.2 Å². The summed E-state index contributed by atoms with van der Waals surface area (Å²) >= 11 is 7.06. The summed E-state index contributed by atoms with van der Waals surface area (Å²) in [5.74, 6) is 0.239. The number of halogens is 2. The molecule has 1 rings (SSSR count). The molecule has 0 saturated heterocycles. The minimum absolute atomic E-state index is 0.170. The van der Waals surface area contributed by atoms with E-state index in [4.69, 9.17) is 0 Å². The number of rotatable bonds is 8. The van der Waals surface area contributed by atoms with Gasteiger partial charge in [-0.3, -0.25) is 0 Å². The van der Waals surface area contributed by atoms with Crippen LogP contribution in [0.3, 0.4) is 0 Å². The maximum atomic E-state index is 11.2. The van der Waals surface area contributed by atoms with Gasteiger partial charge in [-0.2, -0.15) is 0 Å². The lowest BCUT2D eigenvalue weighted by Gasteiger charge is -2.20. The standard InChI is InChI=1S/C14H21Br2NO2S/c1-3-8-17-14(5-4-9-20(2,18)19)12-10-11(15)6-7-13(12)16/h6-7,10,14,17H,3-5,8-9H2,1-2H3. The fourth-order valence-corrected chi connectivity index (χ4v) is 3.61. The number of nitrogens with one attached hydrogen (secondary N) is 1. The zero-order valence-corrected chi connectivity index (χ0v) is 15.8. The van der Waals surface area contributed by atoms with Gasteiger partial charge in [0.05, 0.1) is 0 Å². The number of hydrogen-bond acceptors (Lipinski definition) is 3. The van der Waals surface area contributed by atoms with Gasteiger partial charge in [-0.05, 0) is 49.6 Å². The zero-order chi connectivity index (χ0) is 15.2. The lowest BCUT2D eigenvalue weighted by Crippen LogP contribution is -2.23. The predicted molar refractivity (Wildman–Crippen MR) is 91.8 cm³/mol. The van der Waals surface area contributed by atoms with Crippen LogP contribution < -0.4 is 5.32 Å². The van der Waals surface area contributed by atoms with E-state index in [-0.39, 0.29) is 11.8 Å². The molecule has 1 N–H and O–H groups in total. The van der Waals surface area contributed by atoms with E-state index in [1.165, 1.54) is 11.8 Å². The van der Waals surface area contributed by atoms with Crippen LogP contribution >= 0.6 is 31.9 Å². The molecule has 0 aromatic heterocycles. The molecule has 0 aliphatic carbocycles. The largest absolute Gasteiger partial charge is 0.310 e. The Morgan fingerprint density at radius 1 is 1.30 bits per heavy atom. The van der Waals surface area contributed by atoms with Crippen molar-refractivity contribution in [2.75, 3.05) is 18.6 Å². The number of benzene rings is 1. The van der Waals surface area contributed by atoms with E-state index >= 15 is 0 Å². The van der Waals surface area contributed by atoms with Crippen molar-refractivity contribution in [1.82, 2.24) is 5.32 Å². The van der Waals surface area contributed by atoms with Gasteiger partial charge in [0, 0.05) is 27.0 Å². The monoisotopic (exact) mass is 425 g/mol. The van der Waals surface area contributed by atoms with Crippen molar-refractivity contribution in [3.05, 3.63) is 32.7 Å². The summed E-state index contributed by atoms with van der Waals surface area (Å²) < 4.78 is 24.6. The first kappa shape index (κ1) is 18.1. The first-order valence-electron chi connectivity index (χ1n) is 6.69. The molecule has 0 saturated carbocycles. The molecule has 0 spiro atoms. The van der Waals surface area contributed by atoms with Crippen LogP contribution in [0.15, 0.2) is 27.1 Å². The van der Waals surface area contributed by atoms with E-state index in [0.717, 1.165) is 28.3 Å². The highest BCUT2D eigenvalue weighted by atomic mass is 79.9. The smallest absolute Gasteiger partial charge is 0.147 e. The minimum atomic E-state index is -2.89. The van der Waals surface area contributed by atoms with Gasteiger partial charge in [0.1, 0.15) is 9.84 Å². The molecule has 114 valence electrons. The van der Waals surface area contributed by atoms with Crippen LogP contribution in [0, 0.1) is 0 Å². The molecule has 6 heteroatoms. The molecule has 0 aliphatic heterocycles. The molecule has 1 aromatic rings. The highest BCUT2D eigenvalue weighted by Crippen LogP contribution is 2.29. The van der Waals surface area contributed by atoms with Crippen molar-refractivity contribution in [1.29, 1.82) is 0 Å². The first-order valence-corrected chi connectivity index (χ1v) is 10.3. The summed E-state index contributed by atoms with van der Waals surface area (Å²) in [5, 5.41) is 3.49. The zero-order valence-electron chi connectivity index (χ0n) is 11.8. The molecule has 1 unspecified atom stereocenters. The average molecular weight is 427 g/mol. The Labute approximate surface area is 138 Å². The molecule has 0 heterocycles. The summed E-state index contributed by atoms with van der Waals surface area (Å²) in [6, 6.07) is 6.25. The van der Waals surface area contributed by atoms with Crippen molar-refractivity contribution >= 4 is 41.7 Å². The minimum Gasteiger partial charge on any atom is -0.310 e. The van der Waals surface area contributed by atoms with Crippen LogP contribution in [0.4, 0.5) is 0 Å². The van der Waals surface area contributed by atoms with E-state index in [9.17, 15) is 8.42 Å². The highest BCUT2D eigenvalue weighted by Gasteiger charge is 2.15. The van der Waals surface area contributed by atoms with Gasteiger partial charge in [-0.15, -0.1) is 0 Å². The first-order chi connectivity index (χ1) is 9.33. The predicted octanol–water partition coefficient (Wildman–Crippen LogP) is 4.08. The fourth-order valence-electron chi connectivity index (χ4n) is 2.02. The maximum absolute atomic E-state index is 11.2. The average Bonchev–Trinajstić information content (AvgIpc) is 2.35. The van der Waals surface area contributed by atoms with Gasteiger partial charge in [0.2, 0.25) is 0 Å². The van der Waals surface area contributed by atoms with Crippen LogP contribution in [0.1, 0.15) is 37.8 Å². The molecule has 1 aromatic carbocycles. The lowest BCUT2D eigenvalue weighted by atomic mass is 10.0. The fraction of sp³-hybridized carbons (Fsp3) is 0.571. The van der Waals surface area contributed by atoms with Gasteiger partial charge in [-0.25, -0.2) is 8.42 Å². The molecule has 0 bridgehead atoms. The van der Waals surface area contributed by atoms with E-state index in [1.807, 2.05) is 12.1 Å². The molecule has 0 fully saturated rings. The Hall–Kier alpha value is 0.0900. The third-order valence-corrected chi connectivity index (χ3v) is 5.23. The van der Waals surface area contributed by atoms with E-state index in [1.54, 1.807) is 0 Å². The third-order valence-electron chi connectivity index (χ3n) is 2.98.